The van der Waals surface area contributed by atoms with Crippen LogP contribution in [0.2, 0.25) is 0 Å². The van der Waals surface area contributed by atoms with Gasteiger partial charge in [-0.25, -0.2) is 4.79 Å². The van der Waals surface area contributed by atoms with E-state index in [1.54, 1.807) is 0 Å². The standard InChI is InChI=1S/C13H22O2/c1-13(2,3)11(12(14)15)9-10-7-5-4-6-8-10/h9-10H,4-8H2,1-3H3,(H,14,15)/b11-9-. The van der Waals surface area contributed by atoms with Crippen molar-refractivity contribution in [3.63, 3.8) is 0 Å². The molecule has 1 N–H and O–H groups in total. The van der Waals surface area contributed by atoms with Crippen molar-refractivity contribution in [2.24, 2.45) is 11.3 Å². The molecule has 2 heteroatoms. The summed E-state index contributed by atoms with van der Waals surface area (Å²) in [5, 5.41) is 9.17. The molecule has 1 fully saturated rings. The predicted molar refractivity (Wildman–Crippen MR) is 61.7 cm³/mol. The molecule has 0 aromatic carbocycles. The van der Waals surface area contributed by atoms with Crippen LogP contribution in [0.4, 0.5) is 0 Å². The van der Waals surface area contributed by atoms with Crippen molar-refractivity contribution in [1.82, 2.24) is 0 Å². The Morgan fingerprint density at radius 3 is 2.13 bits per heavy atom. The molecule has 2 nitrogen and oxygen atoms in total. The summed E-state index contributed by atoms with van der Waals surface area (Å²) >= 11 is 0. The molecular formula is C13H22O2. The first-order valence-corrected chi connectivity index (χ1v) is 5.87. The number of aliphatic carboxylic acids is 1. The van der Waals surface area contributed by atoms with Gasteiger partial charge in [-0.3, -0.25) is 0 Å². The molecule has 15 heavy (non-hydrogen) atoms. The van der Waals surface area contributed by atoms with Crippen LogP contribution in [-0.4, -0.2) is 11.1 Å². The second kappa shape index (κ2) is 4.82. The van der Waals surface area contributed by atoms with Crippen LogP contribution in [0.3, 0.4) is 0 Å². The minimum absolute atomic E-state index is 0.247. The lowest BCUT2D eigenvalue weighted by molar-refractivity contribution is -0.133. The van der Waals surface area contributed by atoms with Crippen LogP contribution in [0.25, 0.3) is 0 Å². The molecule has 0 unspecified atom stereocenters. The van der Waals surface area contributed by atoms with Crippen molar-refractivity contribution < 1.29 is 9.90 Å². The van der Waals surface area contributed by atoms with Gasteiger partial charge in [0.1, 0.15) is 0 Å². The molecule has 0 aromatic rings. The van der Waals surface area contributed by atoms with Crippen molar-refractivity contribution in [2.45, 2.75) is 52.9 Å². The van der Waals surface area contributed by atoms with E-state index in [-0.39, 0.29) is 5.41 Å². The van der Waals surface area contributed by atoms with E-state index >= 15 is 0 Å². The Morgan fingerprint density at radius 2 is 1.73 bits per heavy atom. The Bertz CT molecular complexity index is 252. The summed E-state index contributed by atoms with van der Waals surface area (Å²) in [6.45, 7) is 5.90. The van der Waals surface area contributed by atoms with Gasteiger partial charge < -0.3 is 5.11 Å². The summed E-state index contributed by atoms with van der Waals surface area (Å²) < 4.78 is 0. The highest BCUT2D eigenvalue weighted by molar-refractivity contribution is 5.87. The fourth-order valence-corrected chi connectivity index (χ4v) is 2.18. The predicted octanol–water partition coefficient (Wildman–Crippen LogP) is 3.62. The van der Waals surface area contributed by atoms with Crippen LogP contribution in [-0.2, 0) is 4.79 Å². The van der Waals surface area contributed by atoms with E-state index in [1.807, 2.05) is 26.8 Å². The summed E-state index contributed by atoms with van der Waals surface area (Å²) in [4.78, 5) is 11.2. The van der Waals surface area contributed by atoms with E-state index < -0.39 is 5.97 Å². The number of hydrogen-bond acceptors (Lipinski definition) is 1. The van der Waals surface area contributed by atoms with Crippen LogP contribution in [0, 0.1) is 11.3 Å². The van der Waals surface area contributed by atoms with E-state index in [9.17, 15) is 9.90 Å². The number of hydrogen-bond donors (Lipinski definition) is 1. The molecule has 0 heterocycles. The van der Waals surface area contributed by atoms with Gasteiger partial charge in [-0.1, -0.05) is 46.1 Å². The molecule has 0 aromatic heterocycles. The minimum Gasteiger partial charge on any atom is -0.478 e. The molecule has 1 aliphatic rings. The molecule has 86 valence electrons. The van der Waals surface area contributed by atoms with E-state index in [1.165, 1.54) is 19.3 Å². The lowest BCUT2D eigenvalue weighted by atomic mass is 9.81. The summed E-state index contributed by atoms with van der Waals surface area (Å²) in [7, 11) is 0. The molecule has 0 bridgehead atoms. The van der Waals surface area contributed by atoms with Crippen LogP contribution in [0.1, 0.15) is 52.9 Å². The SMILES string of the molecule is CC(C)(C)/C(=C\C1CCCCC1)C(=O)O. The Balaban J connectivity index is 2.78. The normalized spacial score (nSPS) is 20.3. The third-order valence-electron chi connectivity index (χ3n) is 3.09. The third-order valence-corrected chi connectivity index (χ3v) is 3.09. The zero-order valence-corrected chi connectivity index (χ0v) is 10.0. The maximum Gasteiger partial charge on any atom is 0.331 e. The fourth-order valence-electron chi connectivity index (χ4n) is 2.18. The lowest BCUT2D eigenvalue weighted by Crippen LogP contribution is -2.19. The number of carboxylic acids is 1. The lowest BCUT2D eigenvalue weighted by Gasteiger charge is -2.24. The van der Waals surface area contributed by atoms with Crippen LogP contribution in [0.15, 0.2) is 11.6 Å². The summed E-state index contributed by atoms with van der Waals surface area (Å²) in [6.07, 6.45) is 8.12. The number of rotatable bonds is 2. The van der Waals surface area contributed by atoms with Crippen molar-refractivity contribution >= 4 is 5.97 Å². The minimum atomic E-state index is -0.756. The molecule has 0 spiro atoms. The Hall–Kier alpha value is -0.790. The second-order valence-electron chi connectivity index (χ2n) is 5.53. The molecule has 0 aliphatic heterocycles. The number of allylic oxidation sites excluding steroid dienone is 1. The smallest absolute Gasteiger partial charge is 0.331 e. The van der Waals surface area contributed by atoms with Crippen LogP contribution < -0.4 is 0 Å². The van der Waals surface area contributed by atoms with Gasteiger partial charge in [0, 0.05) is 5.57 Å². The van der Waals surface area contributed by atoms with Gasteiger partial charge in [-0.2, -0.15) is 0 Å². The van der Waals surface area contributed by atoms with E-state index in [0.29, 0.717) is 11.5 Å². The molecule has 0 saturated heterocycles. The molecular weight excluding hydrogens is 188 g/mol. The molecule has 1 aliphatic carbocycles. The van der Waals surface area contributed by atoms with Gasteiger partial charge >= 0.3 is 5.97 Å². The maximum absolute atomic E-state index is 11.2. The van der Waals surface area contributed by atoms with E-state index in [2.05, 4.69) is 0 Å². The first-order valence-electron chi connectivity index (χ1n) is 5.87. The van der Waals surface area contributed by atoms with Gasteiger partial charge in [0.05, 0.1) is 0 Å². The number of carbonyl (C=O) groups is 1. The van der Waals surface area contributed by atoms with Gasteiger partial charge in [0.2, 0.25) is 0 Å². The molecule has 0 radical (unpaired) electrons. The third kappa shape index (κ3) is 3.69. The fraction of sp³-hybridized carbons (Fsp3) is 0.769. The molecule has 0 amide bonds. The first-order chi connectivity index (χ1) is 6.91. The van der Waals surface area contributed by atoms with Crippen molar-refractivity contribution in [3.8, 4) is 0 Å². The number of carboxylic acid groups (broad SMARTS) is 1. The molecule has 1 rings (SSSR count). The highest BCUT2D eigenvalue weighted by Crippen LogP contribution is 2.31. The average molecular weight is 210 g/mol. The highest BCUT2D eigenvalue weighted by atomic mass is 16.4. The monoisotopic (exact) mass is 210 g/mol. The summed E-state index contributed by atoms with van der Waals surface area (Å²) in [6, 6.07) is 0. The maximum atomic E-state index is 11.2. The zero-order valence-electron chi connectivity index (χ0n) is 10.0. The Morgan fingerprint density at radius 1 is 1.20 bits per heavy atom. The topological polar surface area (TPSA) is 37.3 Å². The quantitative estimate of drug-likeness (QED) is 0.707. The largest absolute Gasteiger partial charge is 0.478 e. The Labute approximate surface area is 92.4 Å². The Kier molecular flexibility index (Phi) is 3.95. The molecule has 0 atom stereocenters. The van der Waals surface area contributed by atoms with Crippen LogP contribution >= 0.6 is 0 Å². The van der Waals surface area contributed by atoms with Gasteiger partial charge in [-0.15, -0.1) is 0 Å². The van der Waals surface area contributed by atoms with Crippen molar-refractivity contribution in [1.29, 1.82) is 0 Å². The van der Waals surface area contributed by atoms with E-state index in [4.69, 9.17) is 0 Å². The zero-order chi connectivity index (χ0) is 11.5. The first kappa shape index (κ1) is 12.3. The van der Waals surface area contributed by atoms with Crippen molar-refractivity contribution in [2.75, 3.05) is 0 Å². The van der Waals surface area contributed by atoms with Gasteiger partial charge in [-0.05, 0) is 24.2 Å². The van der Waals surface area contributed by atoms with E-state index in [0.717, 1.165) is 12.8 Å². The van der Waals surface area contributed by atoms with Crippen LogP contribution in [0.5, 0.6) is 0 Å². The van der Waals surface area contributed by atoms with Gasteiger partial charge in [0.25, 0.3) is 0 Å². The second-order valence-corrected chi connectivity index (χ2v) is 5.53. The molecule has 1 saturated carbocycles. The summed E-state index contributed by atoms with van der Waals surface area (Å²) in [5.74, 6) is -0.267. The highest BCUT2D eigenvalue weighted by Gasteiger charge is 2.25. The average Bonchev–Trinajstić information content (AvgIpc) is 2.13. The summed E-state index contributed by atoms with van der Waals surface area (Å²) in [5.41, 5.74) is 0.331. The van der Waals surface area contributed by atoms with Gasteiger partial charge in [0.15, 0.2) is 0 Å². The van der Waals surface area contributed by atoms with Crippen molar-refractivity contribution in [3.05, 3.63) is 11.6 Å².